The van der Waals surface area contributed by atoms with Gasteiger partial charge in [0.1, 0.15) is 0 Å². The van der Waals surface area contributed by atoms with Crippen LogP contribution in [0, 0.1) is 0 Å². The van der Waals surface area contributed by atoms with Crippen LogP contribution < -0.4 is 10.9 Å². The van der Waals surface area contributed by atoms with Crippen molar-refractivity contribution >= 4 is 25.3 Å². The monoisotopic (exact) mass is 217 g/mol. The SMILES string of the molecule is CCCC(C)(C)[B]c1ccccc1B(O)O. The average molecular weight is 217 g/mol. The van der Waals surface area contributed by atoms with Gasteiger partial charge in [-0.2, -0.15) is 0 Å². The summed E-state index contributed by atoms with van der Waals surface area (Å²) in [5.74, 6) is 0. The molecule has 4 heteroatoms. The van der Waals surface area contributed by atoms with E-state index in [9.17, 15) is 10.0 Å². The zero-order valence-corrected chi connectivity index (χ0v) is 10.3. The molecule has 0 saturated heterocycles. The molecule has 0 heterocycles. The molecule has 0 aliphatic carbocycles. The first-order chi connectivity index (χ1) is 7.46. The summed E-state index contributed by atoms with van der Waals surface area (Å²) in [5.41, 5.74) is 1.49. The van der Waals surface area contributed by atoms with E-state index in [-0.39, 0.29) is 5.31 Å². The van der Waals surface area contributed by atoms with Crippen molar-refractivity contribution in [3.63, 3.8) is 0 Å². The summed E-state index contributed by atoms with van der Waals surface area (Å²) in [6.45, 7) is 6.48. The van der Waals surface area contributed by atoms with Gasteiger partial charge in [0.15, 0.2) is 7.28 Å². The molecule has 0 saturated carbocycles. The van der Waals surface area contributed by atoms with Gasteiger partial charge in [-0.25, -0.2) is 0 Å². The van der Waals surface area contributed by atoms with E-state index in [1.54, 1.807) is 6.07 Å². The fourth-order valence-electron chi connectivity index (χ4n) is 2.01. The molecule has 2 N–H and O–H groups in total. The molecule has 0 aliphatic rings. The minimum atomic E-state index is -1.40. The summed E-state index contributed by atoms with van der Waals surface area (Å²) >= 11 is 0. The smallest absolute Gasteiger partial charge is 0.423 e. The van der Waals surface area contributed by atoms with Gasteiger partial charge in [-0.3, -0.25) is 0 Å². The topological polar surface area (TPSA) is 40.5 Å². The highest BCUT2D eigenvalue weighted by atomic mass is 16.4. The van der Waals surface area contributed by atoms with Gasteiger partial charge in [0.05, 0.1) is 0 Å². The molecule has 0 fully saturated rings. The fourth-order valence-corrected chi connectivity index (χ4v) is 2.01. The van der Waals surface area contributed by atoms with Gasteiger partial charge >= 0.3 is 7.12 Å². The van der Waals surface area contributed by atoms with Crippen molar-refractivity contribution in [1.82, 2.24) is 0 Å². The van der Waals surface area contributed by atoms with Gasteiger partial charge in [-0.1, -0.05) is 68.7 Å². The zero-order chi connectivity index (χ0) is 12.2. The molecule has 0 aliphatic heterocycles. The van der Waals surface area contributed by atoms with E-state index in [1.165, 1.54) is 0 Å². The fraction of sp³-hybridized carbons (Fsp3) is 0.500. The van der Waals surface area contributed by atoms with E-state index in [2.05, 4.69) is 28.1 Å². The molecule has 1 radical (unpaired) electrons. The van der Waals surface area contributed by atoms with E-state index in [0.717, 1.165) is 18.3 Å². The summed E-state index contributed by atoms with van der Waals surface area (Å²) in [5, 5.41) is 18.6. The molecule has 1 aromatic carbocycles. The van der Waals surface area contributed by atoms with Crippen LogP contribution in [0.25, 0.3) is 0 Å². The Kier molecular flexibility index (Phi) is 4.63. The second-order valence-corrected chi connectivity index (χ2v) is 4.89. The lowest BCUT2D eigenvalue weighted by atomic mass is 9.46. The Bertz CT molecular complexity index is 338. The molecule has 85 valence electrons. The first kappa shape index (κ1) is 13.3. The molecule has 0 unspecified atom stereocenters. The maximum Gasteiger partial charge on any atom is 0.487 e. The predicted octanol–water partition coefficient (Wildman–Crippen LogP) is 0.694. The number of rotatable bonds is 5. The van der Waals surface area contributed by atoms with Crippen LogP contribution in [0.3, 0.4) is 0 Å². The maximum atomic E-state index is 9.27. The van der Waals surface area contributed by atoms with E-state index >= 15 is 0 Å². The van der Waals surface area contributed by atoms with Gasteiger partial charge in [-0.05, 0) is 5.46 Å². The van der Waals surface area contributed by atoms with E-state index in [4.69, 9.17) is 0 Å². The van der Waals surface area contributed by atoms with Crippen LogP contribution in [0.15, 0.2) is 24.3 Å². The highest BCUT2D eigenvalue weighted by Crippen LogP contribution is 2.28. The van der Waals surface area contributed by atoms with Gasteiger partial charge in [0.25, 0.3) is 0 Å². The molecule has 0 atom stereocenters. The Morgan fingerprint density at radius 2 is 1.88 bits per heavy atom. The van der Waals surface area contributed by atoms with E-state index in [1.807, 2.05) is 18.2 Å². The van der Waals surface area contributed by atoms with Crippen LogP contribution in [-0.2, 0) is 0 Å². The van der Waals surface area contributed by atoms with Crippen LogP contribution >= 0.6 is 0 Å². The lowest BCUT2D eigenvalue weighted by Crippen LogP contribution is -2.46. The summed E-state index contributed by atoms with van der Waals surface area (Å²) in [7, 11) is 0.718. The number of hydrogen-bond acceptors (Lipinski definition) is 2. The minimum absolute atomic E-state index is 0.0831. The highest BCUT2D eigenvalue weighted by Gasteiger charge is 2.23. The van der Waals surface area contributed by atoms with Crippen LogP contribution in [0.1, 0.15) is 33.6 Å². The first-order valence-corrected chi connectivity index (χ1v) is 5.77. The van der Waals surface area contributed by atoms with Crippen molar-refractivity contribution in [2.75, 3.05) is 0 Å². The standard InChI is InChI=1S/C12H19B2O2/c1-4-9-12(2,3)13-10-7-5-6-8-11(10)14(15)16/h5-8,15-16H,4,9H2,1-3H3. The van der Waals surface area contributed by atoms with Crippen molar-refractivity contribution < 1.29 is 10.0 Å². The summed E-state index contributed by atoms with van der Waals surface area (Å²) < 4.78 is 0. The molecule has 0 amide bonds. The normalized spacial score (nSPS) is 11.3. The molecular weight excluding hydrogens is 198 g/mol. The second-order valence-electron chi connectivity index (χ2n) is 4.89. The van der Waals surface area contributed by atoms with Crippen molar-refractivity contribution in [2.24, 2.45) is 0 Å². The average Bonchev–Trinajstić information content (AvgIpc) is 2.17. The summed E-state index contributed by atoms with van der Waals surface area (Å²) in [6.07, 6.45) is 2.20. The van der Waals surface area contributed by atoms with Crippen LogP contribution in [0.2, 0.25) is 5.31 Å². The molecule has 1 aromatic rings. The molecule has 2 nitrogen and oxygen atoms in total. The maximum absolute atomic E-state index is 9.27. The van der Waals surface area contributed by atoms with E-state index in [0.29, 0.717) is 5.46 Å². The Labute approximate surface area is 99.1 Å². The summed E-state index contributed by atoms with van der Waals surface area (Å²) in [4.78, 5) is 0. The Morgan fingerprint density at radius 3 is 2.44 bits per heavy atom. The lowest BCUT2D eigenvalue weighted by Gasteiger charge is -2.24. The molecule has 0 aromatic heterocycles. The van der Waals surface area contributed by atoms with Crippen molar-refractivity contribution in [3.8, 4) is 0 Å². The van der Waals surface area contributed by atoms with E-state index < -0.39 is 7.12 Å². The summed E-state index contributed by atoms with van der Waals surface area (Å²) in [6, 6.07) is 7.41. The third-order valence-corrected chi connectivity index (χ3v) is 2.71. The lowest BCUT2D eigenvalue weighted by molar-refractivity contribution is 0.426. The van der Waals surface area contributed by atoms with Gasteiger partial charge < -0.3 is 10.0 Å². The zero-order valence-electron chi connectivity index (χ0n) is 10.3. The molecule has 1 rings (SSSR count). The van der Waals surface area contributed by atoms with Gasteiger partial charge in [0, 0.05) is 0 Å². The third-order valence-electron chi connectivity index (χ3n) is 2.71. The predicted molar refractivity (Wildman–Crippen MR) is 70.6 cm³/mol. The van der Waals surface area contributed by atoms with Crippen LogP contribution in [-0.4, -0.2) is 24.4 Å². The van der Waals surface area contributed by atoms with Crippen molar-refractivity contribution in [2.45, 2.75) is 38.9 Å². The van der Waals surface area contributed by atoms with Crippen molar-refractivity contribution in [1.29, 1.82) is 0 Å². The third kappa shape index (κ3) is 3.69. The second kappa shape index (κ2) is 5.55. The Balaban J connectivity index is 2.88. The Morgan fingerprint density at radius 1 is 1.25 bits per heavy atom. The van der Waals surface area contributed by atoms with Gasteiger partial charge in [-0.15, -0.1) is 0 Å². The van der Waals surface area contributed by atoms with Crippen molar-refractivity contribution in [3.05, 3.63) is 24.3 Å². The first-order valence-electron chi connectivity index (χ1n) is 5.77. The largest absolute Gasteiger partial charge is 0.487 e. The number of hydrogen-bond donors (Lipinski definition) is 2. The molecule has 16 heavy (non-hydrogen) atoms. The van der Waals surface area contributed by atoms with Crippen LogP contribution in [0.5, 0.6) is 0 Å². The highest BCUT2D eigenvalue weighted by molar-refractivity contribution is 6.70. The van der Waals surface area contributed by atoms with Crippen LogP contribution in [0.4, 0.5) is 0 Å². The molecule has 0 bridgehead atoms. The Hall–Kier alpha value is -0.730. The molecular formula is C12H19B2O2. The minimum Gasteiger partial charge on any atom is -0.423 e. The quantitative estimate of drug-likeness (QED) is 0.712. The van der Waals surface area contributed by atoms with Gasteiger partial charge in [0.2, 0.25) is 0 Å². The molecule has 0 spiro atoms. The number of benzene rings is 1.